The maximum Gasteiger partial charge on any atom is 0.306 e. The van der Waals surface area contributed by atoms with Crippen molar-refractivity contribution in [3.05, 3.63) is 60.8 Å². The molecule has 0 saturated carbocycles. The first-order chi connectivity index (χ1) is 25.6. The Kier molecular flexibility index (Phi) is 41.0. The van der Waals surface area contributed by atoms with Crippen molar-refractivity contribution in [3.63, 3.8) is 0 Å². The SMILES string of the molecule is CCCCC/C=C/C/C=C/C/C=C/C/C=C/CCCC(=O)O[C@@H](CO)COC(=O)CCCCCCCCCCCCC/C=C/CCCCCCCC. The lowest BCUT2D eigenvalue weighted by molar-refractivity contribution is -0.161. The Balaban J connectivity index is 3.60. The predicted octanol–water partition coefficient (Wildman–Crippen LogP) is 14.0. The van der Waals surface area contributed by atoms with Crippen LogP contribution in [-0.4, -0.2) is 36.4 Å². The van der Waals surface area contributed by atoms with Crippen molar-refractivity contribution in [2.45, 2.75) is 213 Å². The summed E-state index contributed by atoms with van der Waals surface area (Å²) in [4.78, 5) is 24.3. The van der Waals surface area contributed by atoms with Crippen molar-refractivity contribution in [3.8, 4) is 0 Å². The number of carbonyl (C=O) groups is 2. The minimum Gasteiger partial charge on any atom is -0.462 e. The third kappa shape index (κ3) is 40.4. The van der Waals surface area contributed by atoms with Crippen molar-refractivity contribution in [1.29, 1.82) is 0 Å². The second-order valence-corrected chi connectivity index (χ2v) is 14.4. The van der Waals surface area contributed by atoms with Gasteiger partial charge in [-0.1, -0.05) is 177 Å². The first-order valence-corrected chi connectivity index (χ1v) is 21.8. The lowest BCUT2D eigenvalue weighted by Gasteiger charge is -2.15. The second kappa shape index (κ2) is 43.0. The summed E-state index contributed by atoms with van der Waals surface area (Å²) in [6, 6.07) is 0. The molecule has 1 atom stereocenters. The Morgan fingerprint density at radius 2 is 0.788 bits per heavy atom. The molecule has 0 aromatic rings. The highest BCUT2D eigenvalue weighted by Crippen LogP contribution is 2.14. The summed E-state index contributed by atoms with van der Waals surface area (Å²) >= 11 is 0. The number of aliphatic hydroxyl groups is 1. The fourth-order valence-electron chi connectivity index (χ4n) is 5.95. The highest BCUT2D eigenvalue weighted by molar-refractivity contribution is 5.70. The van der Waals surface area contributed by atoms with E-state index in [0.29, 0.717) is 12.8 Å². The first kappa shape index (κ1) is 49.6. The molecule has 0 radical (unpaired) electrons. The lowest BCUT2D eigenvalue weighted by atomic mass is 10.0. The predicted molar refractivity (Wildman–Crippen MR) is 223 cm³/mol. The van der Waals surface area contributed by atoms with Crippen LogP contribution in [0.25, 0.3) is 0 Å². The van der Waals surface area contributed by atoms with E-state index < -0.39 is 6.10 Å². The highest BCUT2D eigenvalue weighted by atomic mass is 16.6. The molecule has 1 N–H and O–H groups in total. The number of ether oxygens (including phenoxy) is 2. The molecule has 0 unspecified atom stereocenters. The number of unbranched alkanes of at least 4 members (excludes halogenated alkanes) is 21. The minimum absolute atomic E-state index is 0.0891. The van der Waals surface area contributed by atoms with Crippen LogP contribution < -0.4 is 0 Å². The molecule has 0 fully saturated rings. The van der Waals surface area contributed by atoms with Crippen LogP contribution in [0.15, 0.2) is 60.8 Å². The number of esters is 2. The standard InChI is InChI=1S/C47H82O5/c1-3-5-7-9-11-13-15-17-19-21-22-23-24-26-27-29-31-33-35-37-39-41-46(49)51-44-45(43-48)52-47(50)42-40-38-36-34-32-30-28-25-20-18-16-14-12-10-8-6-4-2/h12,14,17-20,28,30,34,36,45,48H,3-11,13,15-16,21-27,29,31-33,35,37-44H2,1-2H3/b14-12+,19-17+,20-18+,30-28+,36-34+/t45-/m0/s1. The average Bonchev–Trinajstić information content (AvgIpc) is 3.15. The van der Waals surface area contributed by atoms with Crippen molar-refractivity contribution >= 4 is 11.9 Å². The van der Waals surface area contributed by atoms with Crippen LogP contribution >= 0.6 is 0 Å². The van der Waals surface area contributed by atoms with E-state index in [1.807, 2.05) is 0 Å². The lowest BCUT2D eigenvalue weighted by Crippen LogP contribution is -2.28. The fourth-order valence-corrected chi connectivity index (χ4v) is 5.95. The molecule has 300 valence electrons. The Morgan fingerprint density at radius 3 is 1.27 bits per heavy atom. The Bertz CT molecular complexity index is 915. The maximum atomic E-state index is 12.2. The smallest absolute Gasteiger partial charge is 0.306 e. The molecule has 0 rings (SSSR count). The number of rotatable bonds is 39. The van der Waals surface area contributed by atoms with Gasteiger partial charge in [0, 0.05) is 12.8 Å². The van der Waals surface area contributed by atoms with Crippen molar-refractivity contribution in [2.24, 2.45) is 0 Å². The molecule has 5 heteroatoms. The van der Waals surface area contributed by atoms with Gasteiger partial charge in [0.2, 0.25) is 0 Å². The molecule has 0 aromatic carbocycles. The van der Waals surface area contributed by atoms with Gasteiger partial charge in [-0.15, -0.1) is 0 Å². The molecule has 0 aromatic heterocycles. The summed E-state index contributed by atoms with van der Waals surface area (Å²) in [5.41, 5.74) is 0. The number of hydrogen-bond donors (Lipinski definition) is 1. The zero-order valence-electron chi connectivity index (χ0n) is 34.1. The van der Waals surface area contributed by atoms with E-state index in [2.05, 4.69) is 74.6 Å². The average molecular weight is 727 g/mol. The van der Waals surface area contributed by atoms with Gasteiger partial charge in [0.1, 0.15) is 6.61 Å². The topological polar surface area (TPSA) is 72.8 Å². The molecule has 0 aliphatic heterocycles. The van der Waals surface area contributed by atoms with Crippen molar-refractivity contribution < 1.29 is 24.2 Å². The van der Waals surface area contributed by atoms with Crippen LogP contribution in [0.3, 0.4) is 0 Å². The Hall–Kier alpha value is -2.40. The molecule has 0 heterocycles. The van der Waals surface area contributed by atoms with Gasteiger partial charge in [-0.2, -0.15) is 0 Å². The van der Waals surface area contributed by atoms with E-state index in [1.165, 1.54) is 128 Å². The zero-order valence-corrected chi connectivity index (χ0v) is 34.1. The minimum atomic E-state index is -0.801. The first-order valence-electron chi connectivity index (χ1n) is 21.8. The molecule has 0 aliphatic rings. The molecule has 0 spiro atoms. The molecule has 0 saturated heterocycles. The molecule has 52 heavy (non-hydrogen) atoms. The van der Waals surface area contributed by atoms with Crippen LogP contribution in [0.5, 0.6) is 0 Å². The van der Waals surface area contributed by atoms with E-state index in [-0.39, 0.29) is 31.6 Å². The second-order valence-electron chi connectivity index (χ2n) is 14.4. The third-order valence-electron chi connectivity index (χ3n) is 9.28. The Morgan fingerprint density at radius 1 is 0.442 bits per heavy atom. The monoisotopic (exact) mass is 727 g/mol. The van der Waals surface area contributed by atoms with E-state index in [0.717, 1.165) is 44.9 Å². The summed E-state index contributed by atoms with van der Waals surface area (Å²) < 4.78 is 10.6. The number of allylic oxidation sites excluding steroid dienone is 10. The highest BCUT2D eigenvalue weighted by Gasteiger charge is 2.16. The molecule has 0 amide bonds. The van der Waals surface area contributed by atoms with Gasteiger partial charge < -0.3 is 14.6 Å². The van der Waals surface area contributed by atoms with Crippen LogP contribution in [0.1, 0.15) is 206 Å². The molecular weight excluding hydrogens is 645 g/mol. The molecule has 5 nitrogen and oxygen atoms in total. The quantitative estimate of drug-likeness (QED) is 0.0388. The summed E-state index contributed by atoms with van der Waals surface area (Å²) in [5, 5.41) is 9.57. The van der Waals surface area contributed by atoms with Crippen LogP contribution in [-0.2, 0) is 19.1 Å². The number of aliphatic hydroxyl groups excluding tert-OH is 1. The van der Waals surface area contributed by atoms with Gasteiger partial charge in [0.15, 0.2) is 6.10 Å². The molecular formula is C47H82O5. The van der Waals surface area contributed by atoms with Gasteiger partial charge in [-0.3, -0.25) is 9.59 Å². The third-order valence-corrected chi connectivity index (χ3v) is 9.28. The van der Waals surface area contributed by atoms with Crippen molar-refractivity contribution in [2.75, 3.05) is 13.2 Å². The van der Waals surface area contributed by atoms with Gasteiger partial charge in [0.25, 0.3) is 0 Å². The van der Waals surface area contributed by atoms with Gasteiger partial charge in [0.05, 0.1) is 6.61 Å². The van der Waals surface area contributed by atoms with Gasteiger partial charge in [-0.25, -0.2) is 0 Å². The number of hydrogen-bond acceptors (Lipinski definition) is 5. The maximum absolute atomic E-state index is 12.2. The van der Waals surface area contributed by atoms with E-state index in [4.69, 9.17) is 9.47 Å². The summed E-state index contributed by atoms with van der Waals surface area (Å²) in [6.07, 6.45) is 55.8. The van der Waals surface area contributed by atoms with E-state index >= 15 is 0 Å². The molecule has 0 bridgehead atoms. The van der Waals surface area contributed by atoms with E-state index in [9.17, 15) is 14.7 Å². The summed E-state index contributed by atoms with van der Waals surface area (Å²) in [6.45, 7) is 4.06. The fraction of sp³-hybridized carbons (Fsp3) is 0.745. The largest absolute Gasteiger partial charge is 0.462 e. The van der Waals surface area contributed by atoms with Crippen LogP contribution in [0.4, 0.5) is 0 Å². The number of carbonyl (C=O) groups excluding carboxylic acids is 2. The van der Waals surface area contributed by atoms with E-state index in [1.54, 1.807) is 0 Å². The summed E-state index contributed by atoms with van der Waals surface area (Å²) in [5.74, 6) is -0.656. The van der Waals surface area contributed by atoms with Crippen molar-refractivity contribution in [1.82, 2.24) is 0 Å². The normalized spacial score (nSPS) is 12.8. The van der Waals surface area contributed by atoms with Gasteiger partial charge >= 0.3 is 11.9 Å². The van der Waals surface area contributed by atoms with Gasteiger partial charge in [-0.05, 0) is 77.0 Å². The van der Waals surface area contributed by atoms with Crippen LogP contribution in [0, 0.1) is 0 Å². The Labute approximate surface area is 321 Å². The molecule has 0 aliphatic carbocycles. The summed E-state index contributed by atoms with van der Waals surface area (Å²) in [7, 11) is 0. The van der Waals surface area contributed by atoms with Crippen LogP contribution in [0.2, 0.25) is 0 Å². The zero-order chi connectivity index (χ0) is 37.8.